The van der Waals surface area contributed by atoms with E-state index in [1.54, 1.807) is 0 Å². The van der Waals surface area contributed by atoms with Crippen LogP contribution in [0.3, 0.4) is 0 Å². The Morgan fingerprint density at radius 1 is 1.47 bits per heavy atom. The fourth-order valence-corrected chi connectivity index (χ4v) is 1.40. The average Bonchev–Trinajstić information content (AvgIpc) is 2.22. The molecule has 0 heterocycles. The summed E-state index contributed by atoms with van der Waals surface area (Å²) in [6.07, 6.45) is 0.0733. The van der Waals surface area contributed by atoms with Crippen molar-refractivity contribution in [3.63, 3.8) is 0 Å². The SMILES string of the molecule is CC(C#N)(CCO)c1cccc(F)c1F. The van der Waals surface area contributed by atoms with Crippen molar-refractivity contribution < 1.29 is 13.9 Å². The molecule has 0 radical (unpaired) electrons. The van der Waals surface area contributed by atoms with Crippen LogP contribution in [0.5, 0.6) is 0 Å². The second-order valence-electron chi connectivity index (χ2n) is 3.52. The molecule has 15 heavy (non-hydrogen) atoms. The summed E-state index contributed by atoms with van der Waals surface area (Å²) in [6.45, 7) is 1.22. The van der Waals surface area contributed by atoms with Gasteiger partial charge in [0.1, 0.15) is 0 Å². The molecule has 0 spiro atoms. The van der Waals surface area contributed by atoms with Gasteiger partial charge in [-0.25, -0.2) is 8.78 Å². The molecule has 0 aliphatic carbocycles. The van der Waals surface area contributed by atoms with Gasteiger partial charge in [-0.3, -0.25) is 0 Å². The van der Waals surface area contributed by atoms with Crippen molar-refractivity contribution in [2.24, 2.45) is 0 Å². The number of hydrogen-bond acceptors (Lipinski definition) is 2. The van der Waals surface area contributed by atoms with Gasteiger partial charge in [-0.05, 0) is 19.4 Å². The number of nitrogens with zero attached hydrogens (tertiary/aromatic N) is 1. The van der Waals surface area contributed by atoms with E-state index in [2.05, 4.69) is 0 Å². The molecule has 4 heteroatoms. The second-order valence-corrected chi connectivity index (χ2v) is 3.52. The Kier molecular flexibility index (Phi) is 3.38. The van der Waals surface area contributed by atoms with Gasteiger partial charge < -0.3 is 5.11 Å². The fourth-order valence-electron chi connectivity index (χ4n) is 1.40. The second kappa shape index (κ2) is 4.37. The Morgan fingerprint density at radius 2 is 2.13 bits per heavy atom. The predicted octanol–water partition coefficient (Wildman–Crippen LogP) is 2.13. The molecule has 1 rings (SSSR count). The number of aliphatic hydroxyl groups excluding tert-OH is 1. The molecule has 1 aromatic carbocycles. The first-order valence-corrected chi connectivity index (χ1v) is 4.52. The van der Waals surface area contributed by atoms with E-state index >= 15 is 0 Å². The van der Waals surface area contributed by atoms with Gasteiger partial charge in [0.15, 0.2) is 11.6 Å². The third-order valence-electron chi connectivity index (χ3n) is 2.40. The Bertz CT molecular complexity index is 400. The van der Waals surface area contributed by atoms with Gasteiger partial charge in [-0.2, -0.15) is 5.26 Å². The van der Waals surface area contributed by atoms with E-state index in [-0.39, 0.29) is 18.6 Å². The first-order valence-electron chi connectivity index (χ1n) is 4.52. The molecule has 1 unspecified atom stereocenters. The number of aliphatic hydroxyl groups is 1. The molecule has 0 aliphatic rings. The van der Waals surface area contributed by atoms with Crippen LogP contribution in [-0.2, 0) is 5.41 Å². The third kappa shape index (κ3) is 2.13. The van der Waals surface area contributed by atoms with Crippen LogP contribution in [0.1, 0.15) is 18.9 Å². The lowest BCUT2D eigenvalue weighted by atomic mass is 9.81. The Hall–Kier alpha value is -1.47. The van der Waals surface area contributed by atoms with E-state index in [0.717, 1.165) is 6.07 Å². The van der Waals surface area contributed by atoms with Crippen molar-refractivity contribution in [3.05, 3.63) is 35.4 Å². The molecule has 0 bridgehead atoms. The van der Waals surface area contributed by atoms with Crippen molar-refractivity contribution in [1.82, 2.24) is 0 Å². The molecule has 1 N–H and O–H groups in total. The van der Waals surface area contributed by atoms with E-state index in [1.807, 2.05) is 6.07 Å². The smallest absolute Gasteiger partial charge is 0.163 e. The monoisotopic (exact) mass is 211 g/mol. The molecule has 0 saturated carbocycles. The molecular weight excluding hydrogens is 200 g/mol. The highest BCUT2D eigenvalue weighted by molar-refractivity contribution is 5.33. The number of rotatable bonds is 3. The summed E-state index contributed by atoms with van der Waals surface area (Å²) in [4.78, 5) is 0. The minimum absolute atomic E-state index is 0.0148. The van der Waals surface area contributed by atoms with Crippen molar-refractivity contribution in [2.75, 3.05) is 6.61 Å². The Balaban J connectivity index is 3.25. The van der Waals surface area contributed by atoms with Gasteiger partial charge in [0.05, 0.1) is 11.5 Å². The maximum atomic E-state index is 13.4. The van der Waals surface area contributed by atoms with Gasteiger partial charge in [0, 0.05) is 12.2 Å². The van der Waals surface area contributed by atoms with Crippen molar-refractivity contribution >= 4 is 0 Å². The summed E-state index contributed by atoms with van der Waals surface area (Å²) >= 11 is 0. The number of benzene rings is 1. The van der Waals surface area contributed by atoms with Crippen LogP contribution in [0.15, 0.2) is 18.2 Å². The molecule has 1 atom stereocenters. The normalized spacial score (nSPS) is 14.3. The number of halogens is 2. The van der Waals surface area contributed by atoms with Gasteiger partial charge in [-0.1, -0.05) is 12.1 Å². The van der Waals surface area contributed by atoms with Crippen LogP contribution in [-0.4, -0.2) is 11.7 Å². The Morgan fingerprint density at radius 3 is 2.67 bits per heavy atom. The maximum absolute atomic E-state index is 13.4. The fraction of sp³-hybridized carbons (Fsp3) is 0.364. The van der Waals surface area contributed by atoms with Crippen LogP contribution in [0.4, 0.5) is 8.78 Å². The summed E-state index contributed by atoms with van der Waals surface area (Å²) in [5.74, 6) is -2.00. The summed E-state index contributed by atoms with van der Waals surface area (Å²) in [5.41, 5.74) is -1.21. The quantitative estimate of drug-likeness (QED) is 0.832. The van der Waals surface area contributed by atoms with E-state index in [1.165, 1.54) is 19.1 Å². The molecule has 2 nitrogen and oxygen atoms in total. The first kappa shape index (κ1) is 11.6. The van der Waals surface area contributed by atoms with Crippen molar-refractivity contribution in [3.8, 4) is 6.07 Å². The van der Waals surface area contributed by atoms with Gasteiger partial charge in [-0.15, -0.1) is 0 Å². The van der Waals surface area contributed by atoms with E-state index in [4.69, 9.17) is 10.4 Å². The number of nitriles is 1. The highest BCUT2D eigenvalue weighted by Crippen LogP contribution is 2.29. The summed E-state index contributed by atoms with van der Waals surface area (Å²) in [5, 5.41) is 17.7. The molecular formula is C11H11F2NO. The van der Waals surface area contributed by atoms with Gasteiger partial charge in [0.25, 0.3) is 0 Å². The minimum atomic E-state index is -1.19. The molecule has 0 fully saturated rings. The van der Waals surface area contributed by atoms with E-state index in [9.17, 15) is 8.78 Å². The lowest BCUT2D eigenvalue weighted by molar-refractivity contribution is 0.261. The van der Waals surface area contributed by atoms with Crippen LogP contribution >= 0.6 is 0 Å². The summed E-state index contributed by atoms with van der Waals surface area (Å²) in [7, 11) is 0. The van der Waals surface area contributed by atoms with Crippen LogP contribution in [0, 0.1) is 23.0 Å². The summed E-state index contributed by atoms with van der Waals surface area (Å²) in [6, 6.07) is 5.60. The highest BCUT2D eigenvalue weighted by atomic mass is 19.2. The third-order valence-corrected chi connectivity index (χ3v) is 2.40. The standard InChI is InChI=1S/C11H11F2NO/c1-11(7-14,5-6-15)8-3-2-4-9(12)10(8)13/h2-4,15H,5-6H2,1H3. The van der Waals surface area contributed by atoms with Gasteiger partial charge in [0.2, 0.25) is 0 Å². The topological polar surface area (TPSA) is 44.0 Å². The van der Waals surface area contributed by atoms with E-state index < -0.39 is 17.0 Å². The lowest BCUT2D eigenvalue weighted by Crippen LogP contribution is -2.23. The molecule has 0 saturated heterocycles. The van der Waals surface area contributed by atoms with Gasteiger partial charge >= 0.3 is 0 Å². The average molecular weight is 211 g/mol. The van der Waals surface area contributed by atoms with Crippen molar-refractivity contribution in [1.29, 1.82) is 5.26 Å². The molecule has 0 aliphatic heterocycles. The molecule has 0 amide bonds. The first-order chi connectivity index (χ1) is 7.05. The summed E-state index contributed by atoms with van der Waals surface area (Å²) < 4.78 is 26.3. The number of hydrogen-bond donors (Lipinski definition) is 1. The highest BCUT2D eigenvalue weighted by Gasteiger charge is 2.30. The van der Waals surface area contributed by atoms with Crippen molar-refractivity contribution in [2.45, 2.75) is 18.8 Å². The van der Waals surface area contributed by atoms with Crippen LogP contribution < -0.4 is 0 Å². The largest absolute Gasteiger partial charge is 0.396 e. The zero-order valence-corrected chi connectivity index (χ0v) is 8.30. The molecule has 0 aromatic heterocycles. The minimum Gasteiger partial charge on any atom is -0.396 e. The molecule has 1 aromatic rings. The zero-order valence-electron chi connectivity index (χ0n) is 8.30. The predicted molar refractivity (Wildman–Crippen MR) is 51.0 cm³/mol. The van der Waals surface area contributed by atoms with Crippen LogP contribution in [0.25, 0.3) is 0 Å². The zero-order chi connectivity index (χ0) is 11.5. The lowest BCUT2D eigenvalue weighted by Gasteiger charge is -2.21. The van der Waals surface area contributed by atoms with E-state index in [0.29, 0.717) is 0 Å². The van der Waals surface area contributed by atoms with Crippen LogP contribution in [0.2, 0.25) is 0 Å². The molecule has 80 valence electrons. The maximum Gasteiger partial charge on any atom is 0.163 e. The Labute approximate surface area is 86.8 Å².